The highest BCUT2D eigenvalue weighted by molar-refractivity contribution is 7.92. The predicted molar refractivity (Wildman–Crippen MR) is 112 cm³/mol. The SMILES string of the molecule is O=S(=O)(c1ccccc1)C1C=C(c2ccccc2)C(O)CC1c1ccccc1. The molecule has 0 spiro atoms. The molecule has 3 aromatic rings. The van der Waals surface area contributed by atoms with Gasteiger partial charge in [0.05, 0.1) is 16.2 Å². The van der Waals surface area contributed by atoms with Gasteiger partial charge in [0.15, 0.2) is 9.84 Å². The highest BCUT2D eigenvalue weighted by atomic mass is 32.2. The molecule has 142 valence electrons. The highest BCUT2D eigenvalue weighted by Crippen LogP contribution is 2.41. The van der Waals surface area contributed by atoms with Gasteiger partial charge in [0.2, 0.25) is 0 Å². The van der Waals surface area contributed by atoms with Gasteiger partial charge in [-0.2, -0.15) is 0 Å². The van der Waals surface area contributed by atoms with Crippen molar-refractivity contribution in [2.45, 2.75) is 28.6 Å². The van der Waals surface area contributed by atoms with Crippen LogP contribution in [0.5, 0.6) is 0 Å². The first kappa shape index (κ1) is 18.7. The van der Waals surface area contributed by atoms with Crippen molar-refractivity contribution in [3.05, 3.63) is 108 Å². The zero-order valence-corrected chi connectivity index (χ0v) is 16.2. The summed E-state index contributed by atoms with van der Waals surface area (Å²) in [6.45, 7) is 0. The van der Waals surface area contributed by atoms with E-state index in [0.717, 1.165) is 11.1 Å². The molecular weight excluding hydrogens is 368 g/mol. The molecule has 0 aliphatic heterocycles. The Bertz CT molecular complexity index is 1060. The zero-order valence-electron chi connectivity index (χ0n) is 15.3. The molecule has 4 heteroatoms. The molecule has 3 atom stereocenters. The number of aliphatic hydroxyl groups is 1. The number of aliphatic hydroxyl groups excluding tert-OH is 1. The van der Waals surface area contributed by atoms with Crippen LogP contribution in [0.2, 0.25) is 0 Å². The molecule has 0 bridgehead atoms. The van der Waals surface area contributed by atoms with Crippen molar-refractivity contribution in [3.63, 3.8) is 0 Å². The van der Waals surface area contributed by atoms with Crippen LogP contribution >= 0.6 is 0 Å². The van der Waals surface area contributed by atoms with Crippen molar-refractivity contribution >= 4 is 15.4 Å². The summed E-state index contributed by atoms with van der Waals surface area (Å²) in [5.41, 5.74) is 2.46. The Kier molecular flexibility index (Phi) is 5.16. The fourth-order valence-electron chi connectivity index (χ4n) is 3.92. The molecule has 0 radical (unpaired) electrons. The summed E-state index contributed by atoms with van der Waals surface area (Å²) in [6.07, 6.45) is 1.40. The van der Waals surface area contributed by atoms with E-state index in [4.69, 9.17) is 0 Å². The number of hydrogen-bond acceptors (Lipinski definition) is 3. The molecule has 3 aromatic carbocycles. The van der Waals surface area contributed by atoms with Crippen molar-refractivity contribution in [1.82, 2.24) is 0 Å². The summed E-state index contributed by atoms with van der Waals surface area (Å²) in [7, 11) is -3.61. The lowest BCUT2D eigenvalue weighted by Gasteiger charge is -2.33. The van der Waals surface area contributed by atoms with Gasteiger partial charge in [-0.25, -0.2) is 8.42 Å². The van der Waals surface area contributed by atoms with Gasteiger partial charge in [0, 0.05) is 5.92 Å². The molecule has 1 aliphatic rings. The maximum absolute atomic E-state index is 13.5. The van der Waals surface area contributed by atoms with E-state index < -0.39 is 21.2 Å². The van der Waals surface area contributed by atoms with Crippen LogP contribution in [0.15, 0.2) is 102 Å². The molecule has 0 fully saturated rings. The van der Waals surface area contributed by atoms with Gasteiger partial charge in [-0.3, -0.25) is 0 Å². The third kappa shape index (κ3) is 3.53. The minimum Gasteiger partial charge on any atom is -0.388 e. The number of benzene rings is 3. The van der Waals surface area contributed by atoms with Crippen LogP contribution in [0.1, 0.15) is 23.5 Å². The lowest BCUT2D eigenvalue weighted by molar-refractivity contribution is 0.205. The molecule has 3 nitrogen and oxygen atoms in total. The zero-order chi connectivity index (χ0) is 19.6. The first-order chi connectivity index (χ1) is 13.6. The van der Waals surface area contributed by atoms with Gasteiger partial charge in [-0.05, 0) is 35.3 Å². The smallest absolute Gasteiger partial charge is 0.185 e. The van der Waals surface area contributed by atoms with Crippen LogP contribution in [0.3, 0.4) is 0 Å². The van der Waals surface area contributed by atoms with E-state index in [2.05, 4.69) is 0 Å². The summed E-state index contributed by atoms with van der Waals surface area (Å²) in [5.74, 6) is -0.311. The minimum absolute atomic E-state index is 0.306. The van der Waals surface area contributed by atoms with E-state index in [1.54, 1.807) is 30.3 Å². The minimum atomic E-state index is -3.61. The van der Waals surface area contributed by atoms with Crippen LogP contribution < -0.4 is 0 Å². The molecule has 4 rings (SSSR count). The van der Waals surface area contributed by atoms with Gasteiger partial charge in [0.25, 0.3) is 0 Å². The maximum Gasteiger partial charge on any atom is 0.185 e. The number of sulfone groups is 1. The molecule has 28 heavy (non-hydrogen) atoms. The lowest BCUT2D eigenvalue weighted by Crippen LogP contribution is -2.34. The van der Waals surface area contributed by atoms with Crippen molar-refractivity contribution in [3.8, 4) is 0 Å². The first-order valence-corrected chi connectivity index (χ1v) is 10.9. The van der Waals surface area contributed by atoms with E-state index in [1.165, 1.54) is 0 Å². The molecule has 0 amide bonds. The standard InChI is InChI=1S/C24H22O3S/c25-23-16-22(19-12-6-2-7-13-19)24(17-21(23)18-10-4-1-5-11-18)28(26,27)20-14-8-3-9-15-20/h1-15,17,22-25H,16H2. The Morgan fingerprint density at radius 2 is 1.29 bits per heavy atom. The highest BCUT2D eigenvalue weighted by Gasteiger charge is 2.39. The first-order valence-electron chi connectivity index (χ1n) is 9.36. The Balaban J connectivity index is 1.86. The molecule has 0 aromatic heterocycles. The summed E-state index contributed by atoms with van der Waals surface area (Å²) in [4.78, 5) is 0.306. The summed E-state index contributed by atoms with van der Waals surface area (Å²) < 4.78 is 27.1. The van der Waals surface area contributed by atoms with Crippen LogP contribution in [0.25, 0.3) is 5.57 Å². The normalized spacial score (nSPS) is 22.5. The molecule has 0 saturated carbocycles. The van der Waals surface area contributed by atoms with E-state index in [-0.39, 0.29) is 5.92 Å². The van der Waals surface area contributed by atoms with Crippen molar-refractivity contribution in [1.29, 1.82) is 0 Å². The van der Waals surface area contributed by atoms with E-state index in [0.29, 0.717) is 16.9 Å². The van der Waals surface area contributed by atoms with Gasteiger partial charge in [0.1, 0.15) is 0 Å². The summed E-state index contributed by atoms with van der Waals surface area (Å²) in [6, 6.07) is 27.7. The average Bonchev–Trinajstić information content (AvgIpc) is 2.75. The average molecular weight is 391 g/mol. The van der Waals surface area contributed by atoms with Gasteiger partial charge in [-0.15, -0.1) is 0 Å². The fraction of sp³-hybridized carbons (Fsp3) is 0.167. The van der Waals surface area contributed by atoms with Crippen molar-refractivity contribution < 1.29 is 13.5 Å². The Labute approximate surface area is 165 Å². The third-order valence-corrected chi connectivity index (χ3v) is 7.45. The lowest BCUT2D eigenvalue weighted by atomic mass is 9.80. The monoisotopic (exact) mass is 390 g/mol. The van der Waals surface area contributed by atoms with Crippen LogP contribution in [0.4, 0.5) is 0 Å². The Morgan fingerprint density at radius 1 is 0.750 bits per heavy atom. The predicted octanol–water partition coefficient (Wildman–Crippen LogP) is 4.46. The largest absolute Gasteiger partial charge is 0.388 e. The van der Waals surface area contributed by atoms with Crippen LogP contribution in [-0.2, 0) is 9.84 Å². The summed E-state index contributed by atoms with van der Waals surface area (Å²) in [5, 5.41) is 10.1. The molecule has 1 aliphatic carbocycles. The third-order valence-electron chi connectivity index (χ3n) is 5.34. The molecular formula is C24H22O3S. The topological polar surface area (TPSA) is 54.4 Å². The van der Waals surface area contributed by atoms with Crippen molar-refractivity contribution in [2.75, 3.05) is 0 Å². The number of rotatable bonds is 4. The Morgan fingerprint density at radius 3 is 1.89 bits per heavy atom. The molecule has 0 saturated heterocycles. The van der Waals surface area contributed by atoms with Crippen LogP contribution in [-0.4, -0.2) is 24.9 Å². The molecule has 1 N–H and O–H groups in total. The van der Waals surface area contributed by atoms with Gasteiger partial charge < -0.3 is 5.11 Å². The second kappa shape index (κ2) is 7.74. The summed E-state index contributed by atoms with van der Waals surface area (Å²) >= 11 is 0. The van der Waals surface area contributed by atoms with Crippen LogP contribution in [0, 0.1) is 0 Å². The fourth-order valence-corrected chi connectivity index (χ4v) is 5.80. The van der Waals surface area contributed by atoms with E-state index in [1.807, 2.05) is 66.7 Å². The molecule has 0 heterocycles. The van der Waals surface area contributed by atoms with Crippen molar-refractivity contribution in [2.24, 2.45) is 0 Å². The number of hydrogen-bond donors (Lipinski definition) is 1. The second-order valence-electron chi connectivity index (χ2n) is 7.08. The maximum atomic E-state index is 13.5. The molecule has 3 unspecified atom stereocenters. The quantitative estimate of drug-likeness (QED) is 0.716. The van der Waals surface area contributed by atoms with E-state index in [9.17, 15) is 13.5 Å². The second-order valence-corrected chi connectivity index (χ2v) is 9.19. The van der Waals surface area contributed by atoms with E-state index >= 15 is 0 Å². The Hall–Kier alpha value is -2.69. The van der Waals surface area contributed by atoms with Gasteiger partial charge >= 0.3 is 0 Å². The van der Waals surface area contributed by atoms with Gasteiger partial charge in [-0.1, -0.05) is 84.9 Å².